The second kappa shape index (κ2) is 9.71. The first-order valence-corrected chi connectivity index (χ1v) is 12.9. The predicted octanol–water partition coefficient (Wildman–Crippen LogP) is 3.40. The van der Waals surface area contributed by atoms with Gasteiger partial charge in [0.1, 0.15) is 17.6 Å². The molecule has 35 heavy (non-hydrogen) atoms. The Morgan fingerprint density at radius 1 is 1.29 bits per heavy atom. The zero-order valence-corrected chi connectivity index (χ0v) is 21.5. The van der Waals surface area contributed by atoms with Gasteiger partial charge in [-0.15, -0.1) is 0 Å². The smallest absolute Gasteiger partial charge is 0.312 e. The van der Waals surface area contributed by atoms with E-state index in [2.05, 4.69) is 5.32 Å². The van der Waals surface area contributed by atoms with Crippen LogP contribution in [0.1, 0.15) is 53.4 Å². The molecular weight excluding hydrogens is 472 g/mol. The first-order valence-electron chi connectivity index (χ1n) is 12.5. The van der Waals surface area contributed by atoms with Gasteiger partial charge in [0.15, 0.2) is 0 Å². The van der Waals surface area contributed by atoms with Gasteiger partial charge >= 0.3 is 5.97 Å². The van der Waals surface area contributed by atoms with Crippen LogP contribution in [0.25, 0.3) is 0 Å². The maximum atomic E-state index is 14.1. The van der Waals surface area contributed by atoms with E-state index in [4.69, 9.17) is 21.1 Å². The van der Waals surface area contributed by atoms with Gasteiger partial charge in [-0.2, -0.15) is 0 Å². The highest BCUT2D eigenvalue weighted by Gasteiger charge is 2.79. The number of halogens is 1. The topological polar surface area (TPSA) is 105 Å². The molecule has 0 radical (unpaired) electrons. The maximum Gasteiger partial charge on any atom is 0.312 e. The maximum absolute atomic E-state index is 14.1. The number of carbonyl (C=O) groups is 3. The highest BCUT2D eigenvalue weighted by molar-refractivity contribution is 6.33. The number of likely N-dealkylation sites (tertiary alicyclic amines) is 1. The minimum atomic E-state index is -1.18. The van der Waals surface area contributed by atoms with Gasteiger partial charge in [0.25, 0.3) is 0 Å². The van der Waals surface area contributed by atoms with E-state index in [9.17, 15) is 19.5 Å². The molecule has 1 spiro atoms. The number of para-hydroxylation sites is 1. The lowest BCUT2D eigenvalue weighted by molar-refractivity contribution is -0.161. The number of anilines is 1. The van der Waals surface area contributed by atoms with Gasteiger partial charge in [0.2, 0.25) is 11.8 Å². The van der Waals surface area contributed by atoms with Crippen molar-refractivity contribution in [1.82, 2.24) is 4.90 Å². The quantitative estimate of drug-likeness (QED) is 0.497. The van der Waals surface area contributed by atoms with Gasteiger partial charge in [-0.25, -0.2) is 0 Å². The van der Waals surface area contributed by atoms with Crippen LogP contribution in [-0.2, 0) is 23.9 Å². The first-order chi connectivity index (χ1) is 16.7. The standard InChI is InChI=1S/C26H35ClN2O6/c1-5-25-11-12-26(35-25)19(20(25)24(33)34-6-2)23(32)29(16(14-30)13-15(3)4)21(26)22(31)28-18-10-8-7-9-17(18)27/h7-10,15-16,19-21,30H,5-6,11-14H2,1-4H3,(H,28,31)/t16-,19+,20-,21?,25+,26?/m1/s1. The number of rotatable bonds is 9. The summed E-state index contributed by atoms with van der Waals surface area (Å²) in [5, 5.41) is 13.5. The van der Waals surface area contributed by atoms with Crippen molar-refractivity contribution in [3.8, 4) is 0 Å². The molecule has 192 valence electrons. The fourth-order valence-corrected chi connectivity index (χ4v) is 6.71. The molecule has 0 aliphatic carbocycles. The average molecular weight is 507 g/mol. The number of esters is 1. The summed E-state index contributed by atoms with van der Waals surface area (Å²) < 4.78 is 12.1. The Bertz CT molecular complexity index is 1000. The zero-order chi connectivity index (χ0) is 25.5. The number of nitrogens with one attached hydrogen (secondary N) is 1. The lowest BCUT2D eigenvalue weighted by Crippen LogP contribution is -2.56. The van der Waals surface area contributed by atoms with Crippen LogP contribution < -0.4 is 5.32 Å². The number of fused-ring (bicyclic) bond motifs is 1. The Balaban J connectivity index is 1.81. The van der Waals surface area contributed by atoms with E-state index in [1.165, 1.54) is 4.90 Å². The third kappa shape index (κ3) is 4.03. The summed E-state index contributed by atoms with van der Waals surface area (Å²) >= 11 is 6.30. The molecule has 4 rings (SSSR count). The number of benzene rings is 1. The zero-order valence-electron chi connectivity index (χ0n) is 20.8. The molecule has 2 N–H and O–H groups in total. The van der Waals surface area contributed by atoms with Gasteiger partial charge in [0, 0.05) is 0 Å². The number of nitrogens with zero attached hydrogens (tertiary/aromatic N) is 1. The number of hydrogen-bond acceptors (Lipinski definition) is 6. The molecule has 1 aromatic carbocycles. The molecular formula is C26H35ClN2O6. The summed E-state index contributed by atoms with van der Waals surface area (Å²) in [6, 6.07) is 5.28. The van der Waals surface area contributed by atoms with E-state index in [0.717, 1.165) is 0 Å². The molecule has 2 amide bonds. The average Bonchev–Trinajstić information content (AvgIpc) is 3.42. The minimum absolute atomic E-state index is 0.172. The minimum Gasteiger partial charge on any atom is -0.466 e. The lowest BCUT2D eigenvalue weighted by atomic mass is 9.65. The fraction of sp³-hybridized carbons (Fsp3) is 0.654. The van der Waals surface area contributed by atoms with E-state index < -0.39 is 47.0 Å². The number of aliphatic hydroxyl groups is 1. The number of aliphatic hydroxyl groups excluding tert-OH is 1. The van der Waals surface area contributed by atoms with Crippen LogP contribution in [0.15, 0.2) is 24.3 Å². The molecule has 9 heteroatoms. The highest BCUT2D eigenvalue weighted by atomic mass is 35.5. The third-order valence-corrected chi connectivity index (χ3v) is 8.22. The second-order valence-electron chi connectivity index (χ2n) is 10.3. The van der Waals surface area contributed by atoms with Crippen LogP contribution >= 0.6 is 11.6 Å². The Labute approximate surface area is 211 Å². The molecule has 3 fully saturated rings. The van der Waals surface area contributed by atoms with Crippen LogP contribution in [-0.4, -0.2) is 64.3 Å². The van der Waals surface area contributed by atoms with Crippen LogP contribution in [0.2, 0.25) is 5.02 Å². The van der Waals surface area contributed by atoms with Crippen molar-refractivity contribution in [3.63, 3.8) is 0 Å². The van der Waals surface area contributed by atoms with E-state index >= 15 is 0 Å². The second-order valence-corrected chi connectivity index (χ2v) is 10.7. The van der Waals surface area contributed by atoms with Crippen molar-refractivity contribution < 1.29 is 29.0 Å². The monoisotopic (exact) mass is 506 g/mol. The predicted molar refractivity (Wildman–Crippen MR) is 131 cm³/mol. The van der Waals surface area contributed by atoms with E-state index in [1.54, 1.807) is 31.2 Å². The lowest BCUT2D eigenvalue weighted by Gasteiger charge is -2.37. The van der Waals surface area contributed by atoms with E-state index in [1.807, 2.05) is 20.8 Å². The summed E-state index contributed by atoms with van der Waals surface area (Å²) in [4.78, 5) is 42.7. The van der Waals surface area contributed by atoms with E-state index in [0.29, 0.717) is 36.4 Å². The Kier molecular flexibility index (Phi) is 7.19. The van der Waals surface area contributed by atoms with Crippen LogP contribution in [0, 0.1) is 17.8 Å². The molecule has 1 aromatic rings. The molecule has 0 aromatic heterocycles. The van der Waals surface area contributed by atoms with Crippen molar-refractivity contribution in [2.75, 3.05) is 18.5 Å². The van der Waals surface area contributed by atoms with Gasteiger partial charge < -0.3 is 24.8 Å². The van der Waals surface area contributed by atoms with Crippen molar-refractivity contribution in [2.24, 2.45) is 17.8 Å². The SMILES string of the molecule is CCOC(=O)[C@H]1[C@H]2C(=O)N([C@@H](CO)CC(C)C)C(C(=O)Nc3ccccc3Cl)C23CC[C@]1(CC)O3. The Morgan fingerprint density at radius 3 is 2.60 bits per heavy atom. The molecule has 3 aliphatic rings. The van der Waals surface area contributed by atoms with Crippen molar-refractivity contribution >= 4 is 35.1 Å². The largest absolute Gasteiger partial charge is 0.466 e. The summed E-state index contributed by atoms with van der Waals surface area (Å²) in [6.45, 7) is 7.55. The highest BCUT2D eigenvalue weighted by Crippen LogP contribution is 2.64. The van der Waals surface area contributed by atoms with E-state index in [-0.39, 0.29) is 25.0 Å². The Morgan fingerprint density at radius 2 is 2.00 bits per heavy atom. The molecule has 3 heterocycles. The number of ether oxygens (including phenoxy) is 2. The summed E-state index contributed by atoms with van der Waals surface area (Å²) in [7, 11) is 0. The molecule has 2 unspecified atom stereocenters. The Hall–Kier alpha value is -2.16. The van der Waals surface area contributed by atoms with Crippen molar-refractivity contribution in [2.45, 2.75) is 76.7 Å². The van der Waals surface area contributed by atoms with Gasteiger partial charge in [-0.1, -0.05) is 44.5 Å². The van der Waals surface area contributed by atoms with Crippen LogP contribution in [0.3, 0.4) is 0 Å². The molecule has 8 nitrogen and oxygen atoms in total. The summed E-state index contributed by atoms with van der Waals surface area (Å²) in [6.07, 6.45) is 2.04. The third-order valence-electron chi connectivity index (χ3n) is 7.89. The normalized spacial score (nSPS) is 32.1. The number of hydrogen-bond donors (Lipinski definition) is 2. The molecule has 3 aliphatic heterocycles. The van der Waals surface area contributed by atoms with Gasteiger partial charge in [0.05, 0.1) is 41.5 Å². The number of amides is 2. The fourth-order valence-electron chi connectivity index (χ4n) is 6.52. The molecule has 6 atom stereocenters. The number of carbonyl (C=O) groups excluding carboxylic acids is 3. The first kappa shape index (κ1) is 25.9. The molecule has 0 saturated carbocycles. The van der Waals surface area contributed by atoms with Gasteiger partial charge in [-0.05, 0) is 50.7 Å². The van der Waals surface area contributed by atoms with Crippen LogP contribution in [0.4, 0.5) is 5.69 Å². The van der Waals surface area contributed by atoms with Crippen LogP contribution in [0.5, 0.6) is 0 Å². The van der Waals surface area contributed by atoms with Crippen molar-refractivity contribution in [3.05, 3.63) is 29.3 Å². The molecule has 3 saturated heterocycles. The summed E-state index contributed by atoms with van der Waals surface area (Å²) in [5.74, 6) is -2.72. The summed E-state index contributed by atoms with van der Waals surface area (Å²) in [5.41, 5.74) is -1.61. The molecule has 2 bridgehead atoms. The van der Waals surface area contributed by atoms with Crippen molar-refractivity contribution in [1.29, 1.82) is 0 Å². The van der Waals surface area contributed by atoms with Gasteiger partial charge in [-0.3, -0.25) is 14.4 Å².